The molecule has 0 saturated heterocycles. The first-order valence-corrected chi connectivity index (χ1v) is 14.3. The summed E-state index contributed by atoms with van der Waals surface area (Å²) in [5, 5.41) is 13.1. The van der Waals surface area contributed by atoms with Crippen LogP contribution in [0.25, 0.3) is 0 Å². The number of carboxylic acid groups (broad SMARTS) is 1. The van der Waals surface area contributed by atoms with E-state index in [2.05, 4.69) is 9.62 Å². The second-order valence-electron chi connectivity index (χ2n) is 10.3. The predicted molar refractivity (Wildman–Crippen MR) is 158 cm³/mol. The molecule has 1 aliphatic heterocycles. The van der Waals surface area contributed by atoms with Crippen molar-refractivity contribution >= 4 is 29.3 Å². The molecule has 0 spiro atoms. The molecule has 41 heavy (non-hydrogen) atoms. The summed E-state index contributed by atoms with van der Waals surface area (Å²) in [6.45, 7) is 7.69. The highest BCUT2D eigenvalue weighted by Crippen LogP contribution is 2.42. The van der Waals surface area contributed by atoms with E-state index in [0.29, 0.717) is 48.1 Å². The number of halogens is 3. The maximum absolute atomic E-state index is 13.4. The number of anilines is 2. The summed E-state index contributed by atoms with van der Waals surface area (Å²) >= 11 is 1.35. The van der Waals surface area contributed by atoms with Gasteiger partial charge < -0.3 is 20.9 Å². The number of nitrogens with one attached hydrogen (secondary N) is 1. The molecular weight excluding hydrogens is 551 g/mol. The van der Waals surface area contributed by atoms with Crippen LogP contribution in [-0.4, -0.2) is 35.6 Å². The normalized spacial score (nSPS) is 14.7. The number of methoxy groups -OCH3 is 1. The Hall–Kier alpha value is -3.37. The van der Waals surface area contributed by atoms with Crippen LogP contribution in [-0.2, 0) is 23.9 Å². The number of hydrogen-bond acceptors (Lipinski definition) is 6. The van der Waals surface area contributed by atoms with Gasteiger partial charge in [0.2, 0.25) is 0 Å². The third-order valence-corrected chi connectivity index (χ3v) is 8.71. The summed E-state index contributed by atoms with van der Waals surface area (Å²) in [4.78, 5) is 12.7. The molecule has 0 saturated carbocycles. The number of fused-ring (bicyclic) bond motifs is 1. The molecule has 0 aliphatic carbocycles. The van der Waals surface area contributed by atoms with E-state index in [9.17, 15) is 23.1 Å². The van der Waals surface area contributed by atoms with Crippen molar-refractivity contribution in [3.8, 4) is 5.75 Å². The van der Waals surface area contributed by atoms with Crippen molar-refractivity contribution in [3.63, 3.8) is 0 Å². The second kappa shape index (κ2) is 12.7. The molecule has 0 aromatic heterocycles. The van der Waals surface area contributed by atoms with Crippen LogP contribution in [0.15, 0.2) is 47.4 Å². The zero-order valence-corrected chi connectivity index (χ0v) is 24.5. The summed E-state index contributed by atoms with van der Waals surface area (Å²) < 4.78 is 47.8. The topological polar surface area (TPSA) is 87.8 Å². The van der Waals surface area contributed by atoms with Gasteiger partial charge in [0.15, 0.2) is 0 Å². The molecule has 6 nitrogen and oxygen atoms in total. The van der Waals surface area contributed by atoms with Crippen LogP contribution in [0.4, 0.5) is 24.5 Å². The average molecular weight is 588 g/mol. The predicted octanol–water partition coefficient (Wildman–Crippen LogP) is 7.41. The molecule has 1 atom stereocenters. The van der Waals surface area contributed by atoms with Gasteiger partial charge in [0.05, 0.1) is 24.8 Å². The van der Waals surface area contributed by atoms with Gasteiger partial charge in [-0.15, -0.1) is 0 Å². The van der Waals surface area contributed by atoms with Crippen LogP contribution in [0.1, 0.15) is 64.6 Å². The van der Waals surface area contributed by atoms with E-state index >= 15 is 0 Å². The molecule has 0 radical (unpaired) electrons. The molecule has 0 fully saturated rings. The first kappa shape index (κ1) is 30.6. The van der Waals surface area contributed by atoms with Gasteiger partial charge >= 0.3 is 12.1 Å². The van der Waals surface area contributed by atoms with Crippen LogP contribution < -0.4 is 15.8 Å². The molecule has 0 bridgehead atoms. The van der Waals surface area contributed by atoms with E-state index < -0.39 is 23.6 Å². The Morgan fingerprint density at radius 3 is 2.61 bits per heavy atom. The largest absolute Gasteiger partial charge is 0.494 e. The summed E-state index contributed by atoms with van der Waals surface area (Å²) in [6, 6.07) is 11.8. The van der Waals surface area contributed by atoms with Gasteiger partial charge in [-0.1, -0.05) is 24.3 Å². The van der Waals surface area contributed by atoms with Crippen LogP contribution in [0, 0.1) is 13.8 Å². The molecule has 3 aromatic rings. The molecule has 10 heteroatoms. The molecule has 3 aromatic carbocycles. The number of nitrogens with two attached hydrogens (primary N) is 1. The van der Waals surface area contributed by atoms with Crippen molar-refractivity contribution in [1.29, 1.82) is 0 Å². The third kappa shape index (κ3) is 6.93. The van der Waals surface area contributed by atoms with Gasteiger partial charge in [-0.05, 0) is 97.1 Å². The monoisotopic (exact) mass is 587 g/mol. The molecule has 1 heterocycles. The first-order valence-electron chi connectivity index (χ1n) is 13.6. The second-order valence-corrected chi connectivity index (χ2v) is 11.5. The van der Waals surface area contributed by atoms with Crippen molar-refractivity contribution in [3.05, 3.63) is 81.4 Å². The number of nitrogens with zero attached hydrogens (tertiary/aromatic N) is 1. The molecule has 4 rings (SSSR count). The van der Waals surface area contributed by atoms with Crippen LogP contribution in [0.2, 0.25) is 0 Å². The zero-order chi connectivity index (χ0) is 29.9. The Labute approximate surface area is 243 Å². The van der Waals surface area contributed by atoms with Gasteiger partial charge in [0, 0.05) is 30.4 Å². The summed E-state index contributed by atoms with van der Waals surface area (Å²) in [7, 11) is 1.56. The van der Waals surface area contributed by atoms with E-state index in [1.165, 1.54) is 18.0 Å². The SMILES string of the molecule is CCNc1c(OC)cc(C(CC(=O)O)c2ccc(C)c(CN3CCCc4ccc(C(F)(F)F)cc4S3)c2)c(C)c1N. The van der Waals surface area contributed by atoms with Crippen LogP contribution in [0.5, 0.6) is 5.75 Å². The molecular formula is C31H36F3N3O3S. The molecule has 1 unspecified atom stereocenters. The number of nitrogen functional groups attached to an aromatic ring is 1. The third-order valence-electron chi connectivity index (χ3n) is 7.56. The lowest BCUT2D eigenvalue weighted by molar-refractivity contribution is -0.138. The van der Waals surface area contributed by atoms with Crippen LogP contribution in [0.3, 0.4) is 0 Å². The fraction of sp³-hybridized carbons (Fsp3) is 0.387. The highest BCUT2D eigenvalue weighted by Gasteiger charge is 2.32. The number of aryl methyl sites for hydroxylation is 2. The Bertz CT molecular complexity index is 1430. The number of ether oxygens (including phenoxy) is 1. The van der Waals surface area contributed by atoms with Crippen LogP contribution >= 0.6 is 11.9 Å². The van der Waals surface area contributed by atoms with E-state index in [-0.39, 0.29) is 6.42 Å². The van der Waals surface area contributed by atoms with Gasteiger partial charge in [-0.2, -0.15) is 13.2 Å². The van der Waals surface area contributed by atoms with E-state index in [0.717, 1.165) is 45.9 Å². The minimum absolute atomic E-state index is 0.140. The Morgan fingerprint density at radius 2 is 1.95 bits per heavy atom. The van der Waals surface area contributed by atoms with Gasteiger partial charge in [0.1, 0.15) is 11.4 Å². The van der Waals surface area contributed by atoms with Gasteiger partial charge in [-0.25, -0.2) is 4.31 Å². The average Bonchev–Trinajstić information content (AvgIpc) is 3.12. The van der Waals surface area contributed by atoms with E-state index in [1.807, 2.05) is 45.0 Å². The van der Waals surface area contributed by atoms with Crippen molar-refractivity contribution in [2.24, 2.45) is 0 Å². The highest BCUT2D eigenvalue weighted by atomic mass is 32.2. The number of alkyl halides is 3. The molecule has 1 aliphatic rings. The summed E-state index contributed by atoms with van der Waals surface area (Å²) in [5.74, 6) is -0.874. The number of hydrogen-bond donors (Lipinski definition) is 3. The number of benzene rings is 3. The Morgan fingerprint density at radius 1 is 1.20 bits per heavy atom. The van der Waals surface area contributed by atoms with Gasteiger partial charge in [0.25, 0.3) is 0 Å². The zero-order valence-electron chi connectivity index (χ0n) is 23.7. The van der Waals surface area contributed by atoms with E-state index in [1.54, 1.807) is 13.2 Å². The first-order chi connectivity index (χ1) is 19.4. The lowest BCUT2D eigenvalue weighted by Gasteiger charge is -2.25. The Balaban J connectivity index is 1.69. The minimum Gasteiger partial charge on any atom is -0.494 e. The smallest absolute Gasteiger partial charge is 0.416 e. The number of carboxylic acids is 1. The van der Waals surface area contributed by atoms with Gasteiger partial charge in [-0.3, -0.25) is 4.79 Å². The quantitative estimate of drug-likeness (QED) is 0.178. The number of carbonyl (C=O) groups is 1. The van der Waals surface area contributed by atoms with Crippen molar-refractivity contribution in [2.75, 3.05) is 31.2 Å². The summed E-state index contributed by atoms with van der Waals surface area (Å²) in [5.41, 5.74) is 12.4. The molecule has 220 valence electrons. The fourth-order valence-corrected chi connectivity index (χ4v) is 6.46. The molecule has 4 N–H and O–H groups in total. The Kier molecular flexibility index (Phi) is 9.44. The molecule has 0 amide bonds. The standard InChI is InChI=1S/C31H36F3N3O3S/c1-5-36-30-26(40-4)15-24(19(3)29(30)35)25(16-28(38)39)21-9-8-18(2)22(13-21)17-37-12-6-7-20-10-11-23(31(32,33)34)14-27(20)41-37/h8-11,13-15,25,36H,5-7,12,16-17,35H2,1-4H3,(H,38,39). The lowest BCUT2D eigenvalue weighted by atomic mass is 9.83. The van der Waals surface area contributed by atoms with E-state index in [4.69, 9.17) is 10.5 Å². The van der Waals surface area contributed by atoms with Crippen molar-refractivity contribution in [2.45, 2.75) is 63.6 Å². The fourth-order valence-electron chi connectivity index (χ4n) is 5.29. The maximum atomic E-state index is 13.4. The summed E-state index contributed by atoms with van der Waals surface area (Å²) in [6.07, 6.45) is -3.01. The number of rotatable bonds is 9. The highest BCUT2D eigenvalue weighted by molar-refractivity contribution is 7.97. The van der Waals surface area contributed by atoms with Crippen molar-refractivity contribution < 1.29 is 27.8 Å². The lowest BCUT2D eigenvalue weighted by Crippen LogP contribution is -2.17. The maximum Gasteiger partial charge on any atom is 0.416 e. The minimum atomic E-state index is -4.40. The van der Waals surface area contributed by atoms with Crippen molar-refractivity contribution in [1.82, 2.24) is 4.31 Å². The number of aliphatic carboxylic acids is 1.